The minimum absolute atomic E-state index is 0.0293. The van der Waals surface area contributed by atoms with Gasteiger partial charge in [-0.05, 0) is 68.6 Å². The van der Waals surface area contributed by atoms with Crippen molar-refractivity contribution in [2.45, 2.75) is 51.5 Å². The molecule has 0 radical (unpaired) electrons. The Labute approximate surface area is 201 Å². The molecule has 0 bridgehead atoms. The molecule has 1 aliphatic heterocycles. The third kappa shape index (κ3) is 5.13. The van der Waals surface area contributed by atoms with Crippen molar-refractivity contribution >= 4 is 17.1 Å². The molecule has 2 aliphatic rings. The lowest BCUT2D eigenvalue weighted by atomic mass is 9.94. The third-order valence-corrected chi connectivity index (χ3v) is 7.33. The van der Waals surface area contributed by atoms with Crippen LogP contribution in [-0.2, 0) is 0 Å². The summed E-state index contributed by atoms with van der Waals surface area (Å²) in [7, 11) is 0. The molecule has 2 aromatic heterocycles. The first-order valence-electron chi connectivity index (χ1n) is 12.7. The standard InChI is InChI=1S/C26H35N7O/c1-20-19-21(10-11-24(20)33-25-23(29-30-33)9-5-12-27-25)26(34)28-13-6-14-31-15-17-32(18-16-31)22-7-3-2-4-8-22/h5,9-12,19,22H,2-4,6-8,13-18H2,1H3,(H,28,34). The fraction of sp³-hybridized carbons (Fsp3) is 0.538. The van der Waals surface area contributed by atoms with Crippen LogP contribution in [0.15, 0.2) is 36.5 Å². The zero-order valence-electron chi connectivity index (χ0n) is 20.1. The maximum Gasteiger partial charge on any atom is 0.251 e. The largest absolute Gasteiger partial charge is 0.352 e. The van der Waals surface area contributed by atoms with Gasteiger partial charge in [-0.2, -0.15) is 4.68 Å². The lowest BCUT2D eigenvalue weighted by Gasteiger charge is -2.40. The lowest BCUT2D eigenvalue weighted by Crippen LogP contribution is -2.51. The van der Waals surface area contributed by atoms with Crippen LogP contribution in [0.4, 0.5) is 0 Å². The Morgan fingerprint density at radius 2 is 1.91 bits per heavy atom. The number of fused-ring (bicyclic) bond motifs is 1. The number of carbonyl (C=O) groups is 1. The van der Waals surface area contributed by atoms with E-state index in [2.05, 4.69) is 30.4 Å². The molecule has 0 unspecified atom stereocenters. The van der Waals surface area contributed by atoms with E-state index in [4.69, 9.17) is 0 Å². The number of hydrogen-bond donors (Lipinski definition) is 1. The van der Waals surface area contributed by atoms with Crippen molar-refractivity contribution in [2.24, 2.45) is 0 Å². The third-order valence-electron chi connectivity index (χ3n) is 7.33. The molecule has 180 valence electrons. The SMILES string of the molecule is Cc1cc(C(=O)NCCCN2CCN(C3CCCCC3)CC2)ccc1-n1nnc2cccnc21. The molecule has 34 heavy (non-hydrogen) atoms. The van der Waals surface area contributed by atoms with Crippen LogP contribution in [0.3, 0.4) is 0 Å². The molecule has 3 heterocycles. The second-order valence-electron chi connectivity index (χ2n) is 9.63. The number of amides is 1. The quantitative estimate of drug-likeness (QED) is 0.545. The lowest BCUT2D eigenvalue weighted by molar-refractivity contribution is 0.0779. The average molecular weight is 462 g/mol. The van der Waals surface area contributed by atoms with Crippen LogP contribution >= 0.6 is 0 Å². The van der Waals surface area contributed by atoms with Gasteiger partial charge in [0.2, 0.25) is 0 Å². The van der Waals surface area contributed by atoms with E-state index in [0.29, 0.717) is 17.8 Å². The minimum Gasteiger partial charge on any atom is -0.352 e. The summed E-state index contributed by atoms with van der Waals surface area (Å²) in [5.74, 6) is -0.0293. The molecule has 0 atom stereocenters. The van der Waals surface area contributed by atoms with Gasteiger partial charge in [-0.3, -0.25) is 9.69 Å². The number of aromatic nitrogens is 4. The van der Waals surface area contributed by atoms with Gasteiger partial charge in [0, 0.05) is 50.5 Å². The second-order valence-corrected chi connectivity index (χ2v) is 9.63. The molecule has 1 amide bonds. The first kappa shape index (κ1) is 22.9. The summed E-state index contributed by atoms with van der Waals surface area (Å²) >= 11 is 0. The number of piperazine rings is 1. The van der Waals surface area contributed by atoms with Crippen LogP contribution in [0.25, 0.3) is 16.9 Å². The molecule has 1 N–H and O–H groups in total. The summed E-state index contributed by atoms with van der Waals surface area (Å²) in [6, 6.07) is 10.2. The molecular formula is C26H35N7O. The van der Waals surface area contributed by atoms with E-state index < -0.39 is 0 Å². The Kier molecular flexibility index (Phi) is 7.16. The summed E-state index contributed by atoms with van der Waals surface area (Å²) < 4.78 is 1.72. The topological polar surface area (TPSA) is 79.2 Å². The van der Waals surface area contributed by atoms with E-state index in [0.717, 1.165) is 48.9 Å². The molecule has 1 aliphatic carbocycles. The molecule has 3 aromatic rings. The summed E-state index contributed by atoms with van der Waals surface area (Å²) in [6.07, 6.45) is 9.71. The van der Waals surface area contributed by atoms with Gasteiger partial charge in [-0.1, -0.05) is 24.5 Å². The summed E-state index contributed by atoms with van der Waals surface area (Å²) in [4.78, 5) is 22.3. The Bertz CT molecular complexity index is 1110. The zero-order valence-corrected chi connectivity index (χ0v) is 20.1. The van der Waals surface area contributed by atoms with Gasteiger partial charge in [0.25, 0.3) is 5.91 Å². The van der Waals surface area contributed by atoms with Gasteiger partial charge in [0.15, 0.2) is 5.65 Å². The number of pyridine rings is 1. The fourth-order valence-corrected chi connectivity index (χ4v) is 5.37. The number of rotatable bonds is 7. The average Bonchev–Trinajstić information content (AvgIpc) is 3.31. The monoisotopic (exact) mass is 461 g/mol. The van der Waals surface area contributed by atoms with Crippen molar-refractivity contribution < 1.29 is 4.79 Å². The molecule has 8 nitrogen and oxygen atoms in total. The smallest absolute Gasteiger partial charge is 0.251 e. The van der Waals surface area contributed by atoms with E-state index in [9.17, 15) is 4.79 Å². The molecule has 1 saturated heterocycles. The van der Waals surface area contributed by atoms with E-state index in [1.807, 2.05) is 37.3 Å². The molecule has 2 fully saturated rings. The van der Waals surface area contributed by atoms with Crippen molar-refractivity contribution in [3.8, 4) is 5.69 Å². The first-order chi connectivity index (χ1) is 16.7. The van der Waals surface area contributed by atoms with Gasteiger partial charge in [0.1, 0.15) is 5.52 Å². The van der Waals surface area contributed by atoms with Gasteiger partial charge in [0.05, 0.1) is 5.69 Å². The number of nitrogens with zero attached hydrogens (tertiary/aromatic N) is 6. The van der Waals surface area contributed by atoms with Crippen LogP contribution in [0.2, 0.25) is 0 Å². The van der Waals surface area contributed by atoms with Gasteiger partial charge in [-0.25, -0.2) is 4.98 Å². The first-order valence-corrected chi connectivity index (χ1v) is 12.7. The summed E-state index contributed by atoms with van der Waals surface area (Å²) in [5, 5.41) is 11.5. The highest BCUT2D eigenvalue weighted by Crippen LogP contribution is 2.23. The molecule has 8 heteroatoms. The number of benzene rings is 1. The molecule has 0 spiro atoms. The predicted molar refractivity (Wildman–Crippen MR) is 133 cm³/mol. The van der Waals surface area contributed by atoms with Gasteiger partial charge < -0.3 is 10.2 Å². The van der Waals surface area contributed by atoms with Crippen molar-refractivity contribution in [1.29, 1.82) is 0 Å². The van der Waals surface area contributed by atoms with Crippen LogP contribution in [0, 0.1) is 6.92 Å². The molecular weight excluding hydrogens is 426 g/mol. The molecule has 5 rings (SSSR count). The zero-order chi connectivity index (χ0) is 23.3. The van der Waals surface area contributed by atoms with Crippen LogP contribution in [-0.4, -0.2) is 81.0 Å². The molecule has 1 aromatic carbocycles. The van der Waals surface area contributed by atoms with Crippen molar-refractivity contribution in [3.05, 3.63) is 47.7 Å². The van der Waals surface area contributed by atoms with Crippen LogP contribution in [0.5, 0.6) is 0 Å². The Hall–Kier alpha value is -2.84. The van der Waals surface area contributed by atoms with Gasteiger partial charge >= 0.3 is 0 Å². The maximum atomic E-state index is 12.7. The van der Waals surface area contributed by atoms with E-state index in [-0.39, 0.29) is 5.91 Å². The Balaban J connectivity index is 1.08. The van der Waals surface area contributed by atoms with E-state index >= 15 is 0 Å². The van der Waals surface area contributed by atoms with Crippen LogP contribution < -0.4 is 5.32 Å². The maximum absolute atomic E-state index is 12.7. The number of nitrogens with one attached hydrogen (secondary N) is 1. The van der Waals surface area contributed by atoms with Crippen LogP contribution in [0.1, 0.15) is 54.4 Å². The van der Waals surface area contributed by atoms with E-state index in [1.165, 1.54) is 45.2 Å². The fourth-order valence-electron chi connectivity index (χ4n) is 5.37. The van der Waals surface area contributed by atoms with Crippen molar-refractivity contribution in [3.63, 3.8) is 0 Å². The highest BCUT2D eigenvalue weighted by Gasteiger charge is 2.24. The number of aryl methyl sites for hydroxylation is 1. The predicted octanol–water partition coefficient (Wildman–Crippen LogP) is 3.19. The highest BCUT2D eigenvalue weighted by atomic mass is 16.1. The number of hydrogen-bond acceptors (Lipinski definition) is 6. The second kappa shape index (κ2) is 10.6. The van der Waals surface area contributed by atoms with Crippen molar-refractivity contribution in [1.82, 2.24) is 35.1 Å². The normalized spacial score (nSPS) is 18.4. The Morgan fingerprint density at radius 3 is 2.71 bits per heavy atom. The highest BCUT2D eigenvalue weighted by molar-refractivity contribution is 5.94. The molecule has 1 saturated carbocycles. The minimum atomic E-state index is -0.0293. The number of carbonyl (C=O) groups excluding carboxylic acids is 1. The summed E-state index contributed by atoms with van der Waals surface area (Å²) in [5.41, 5.74) is 3.97. The van der Waals surface area contributed by atoms with Gasteiger partial charge in [-0.15, -0.1) is 5.10 Å². The summed E-state index contributed by atoms with van der Waals surface area (Å²) in [6.45, 7) is 8.41. The van der Waals surface area contributed by atoms with Crippen molar-refractivity contribution in [2.75, 3.05) is 39.3 Å². The Morgan fingerprint density at radius 1 is 1.09 bits per heavy atom. The van der Waals surface area contributed by atoms with E-state index in [1.54, 1.807) is 10.9 Å².